The molecule has 0 aliphatic heterocycles. The molecule has 130 valence electrons. The molecule has 0 fully saturated rings. The van der Waals surface area contributed by atoms with E-state index in [9.17, 15) is 4.79 Å². The number of rotatable bonds is 11. The molecule has 0 saturated carbocycles. The average molecular weight is 322 g/mol. The van der Waals surface area contributed by atoms with Crippen LogP contribution in [0.4, 0.5) is 0 Å². The molecule has 0 saturated heterocycles. The molecule has 1 aromatic rings. The van der Waals surface area contributed by atoms with Gasteiger partial charge in [0.15, 0.2) is 0 Å². The Morgan fingerprint density at radius 3 is 2.57 bits per heavy atom. The number of carbonyl (C=O) groups excluding carboxylic acids is 1. The fourth-order valence-corrected chi connectivity index (χ4v) is 2.48. The van der Waals surface area contributed by atoms with E-state index >= 15 is 0 Å². The summed E-state index contributed by atoms with van der Waals surface area (Å²) < 4.78 is 16.0. The van der Waals surface area contributed by atoms with Gasteiger partial charge in [-0.3, -0.25) is 4.79 Å². The minimum absolute atomic E-state index is 0.141. The van der Waals surface area contributed by atoms with Gasteiger partial charge in [-0.25, -0.2) is 0 Å². The van der Waals surface area contributed by atoms with Crippen LogP contribution in [-0.2, 0) is 16.0 Å². The Labute approximate surface area is 140 Å². The number of ether oxygens (including phenoxy) is 3. The van der Waals surface area contributed by atoms with Crippen molar-refractivity contribution < 1.29 is 19.0 Å². The average Bonchev–Trinajstić information content (AvgIpc) is 2.59. The van der Waals surface area contributed by atoms with Crippen LogP contribution in [0.15, 0.2) is 18.2 Å². The van der Waals surface area contributed by atoms with Gasteiger partial charge in [-0.05, 0) is 30.4 Å². The van der Waals surface area contributed by atoms with Crippen molar-refractivity contribution in [2.45, 2.75) is 52.4 Å². The second-order valence-electron chi connectivity index (χ2n) is 5.78. The van der Waals surface area contributed by atoms with Crippen molar-refractivity contribution in [3.8, 4) is 11.5 Å². The first-order valence-electron chi connectivity index (χ1n) is 8.51. The summed E-state index contributed by atoms with van der Waals surface area (Å²) in [6.45, 7) is 4.87. The molecule has 0 N–H and O–H groups in total. The SMILES string of the molecule is CCCCC(CC)COC(=O)CCc1ccc(OC)cc1OC. The van der Waals surface area contributed by atoms with Gasteiger partial charge in [-0.15, -0.1) is 0 Å². The largest absolute Gasteiger partial charge is 0.497 e. The zero-order valence-electron chi connectivity index (χ0n) is 14.9. The Morgan fingerprint density at radius 1 is 1.17 bits per heavy atom. The van der Waals surface area contributed by atoms with E-state index in [1.807, 2.05) is 18.2 Å². The normalized spacial score (nSPS) is 11.8. The van der Waals surface area contributed by atoms with E-state index in [1.165, 1.54) is 12.8 Å². The second-order valence-corrected chi connectivity index (χ2v) is 5.78. The lowest BCUT2D eigenvalue weighted by Crippen LogP contribution is -2.14. The minimum Gasteiger partial charge on any atom is -0.497 e. The maximum Gasteiger partial charge on any atom is 0.306 e. The zero-order chi connectivity index (χ0) is 17.1. The van der Waals surface area contributed by atoms with Gasteiger partial charge < -0.3 is 14.2 Å². The summed E-state index contributed by atoms with van der Waals surface area (Å²) in [5.41, 5.74) is 0.989. The number of esters is 1. The summed E-state index contributed by atoms with van der Waals surface area (Å²) in [6, 6.07) is 5.64. The van der Waals surface area contributed by atoms with Gasteiger partial charge in [-0.2, -0.15) is 0 Å². The maximum atomic E-state index is 11.9. The smallest absolute Gasteiger partial charge is 0.306 e. The molecule has 0 radical (unpaired) electrons. The van der Waals surface area contributed by atoms with Crippen molar-refractivity contribution >= 4 is 5.97 Å². The lowest BCUT2D eigenvalue weighted by molar-refractivity contribution is -0.145. The summed E-state index contributed by atoms with van der Waals surface area (Å²) in [5, 5.41) is 0. The van der Waals surface area contributed by atoms with Crippen LogP contribution in [0.1, 0.15) is 51.5 Å². The molecule has 1 unspecified atom stereocenters. The number of unbranched alkanes of at least 4 members (excludes halogenated alkanes) is 1. The number of carbonyl (C=O) groups is 1. The van der Waals surface area contributed by atoms with Gasteiger partial charge in [0.05, 0.1) is 20.8 Å². The van der Waals surface area contributed by atoms with Gasteiger partial charge in [0.2, 0.25) is 0 Å². The third kappa shape index (κ3) is 6.93. The van der Waals surface area contributed by atoms with Crippen LogP contribution >= 0.6 is 0 Å². The van der Waals surface area contributed by atoms with Gasteiger partial charge in [0.1, 0.15) is 11.5 Å². The maximum absolute atomic E-state index is 11.9. The fourth-order valence-electron chi connectivity index (χ4n) is 2.48. The lowest BCUT2D eigenvalue weighted by atomic mass is 10.0. The topological polar surface area (TPSA) is 44.8 Å². The number of benzene rings is 1. The number of hydrogen-bond donors (Lipinski definition) is 0. The van der Waals surface area contributed by atoms with E-state index in [-0.39, 0.29) is 5.97 Å². The van der Waals surface area contributed by atoms with E-state index in [1.54, 1.807) is 14.2 Å². The summed E-state index contributed by atoms with van der Waals surface area (Å²) in [4.78, 5) is 11.9. The molecule has 1 atom stereocenters. The van der Waals surface area contributed by atoms with E-state index in [2.05, 4.69) is 13.8 Å². The number of aryl methyl sites for hydroxylation is 1. The molecular formula is C19H30O4. The molecule has 0 amide bonds. The van der Waals surface area contributed by atoms with Crippen LogP contribution in [0.2, 0.25) is 0 Å². The quantitative estimate of drug-likeness (QED) is 0.567. The minimum atomic E-state index is -0.141. The van der Waals surface area contributed by atoms with Crippen LogP contribution in [0.3, 0.4) is 0 Å². The van der Waals surface area contributed by atoms with E-state index < -0.39 is 0 Å². The molecule has 4 heteroatoms. The summed E-state index contributed by atoms with van der Waals surface area (Å²) >= 11 is 0. The molecule has 0 aliphatic rings. The van der Waals surface area contributed by atoms with Crippen LogP contribution in [0, 0.1) is 5.92 Å². The summed E-state index contributed by atoms with van der Waals surface area (Å²) in [6.07, 6.45) is 5.54. The third-order valence-corrected chi connectivity index (χ3v) is 4.12. The molecule has 0 heterocycles. The summed E-state index contributed by atoms with van der Waals surface area (Å²) in [5.74, 6) is 1.83. The lowest BCUT2D eigenvalue weighted by Gasteiger charge is -2.15. The monoisotopic (exact) mass is 322 g/mol. The van der Waals surface area contributed by atoms with Gasteiger partial charge in [-0.1, -0.05) is 39.2 Å². The van der Waals surface area contributed by atoms with Gasteiger partial charge in [0.25, 0.3) is 0 Å². The second kappa shape index (κ2) is 10.9. The first-order valence-corrected chi connectivity index (χ1v) is 8.51. The third-order valence-electron chi connectivity index (χ3n) is 4.12. The Bertz CT molecular complexity index is 470. The first-order chi connectivity index (χ1) is 11.1. The number of hydrogen-bond acceptors (Lipinski definition) is 4. The predicted molar refractivity (Wildman–Crippen MR) is 92.1 cm³/mol. The van der Waals surface area contributed by atoms with Crippen molar-refractivity contribution in [3.63, 3.8) is 0 Å². The van der Waals surface area contributed by atoms with Gasteiger partial charge in [0, 0.05) is 12.5 Å². The highest BCUT2D eigenvalue weighted by Crippen LogP contribution is 2.25. The highest BCUT2D eigenvalue weighted by molar-refractivity contribution is 5.69. The van der Waals surface area contributed by atoms with Crippen LogP contribution in [0.5, 0.6) is 11.5 Å². The highest BCUT2D eigenvalue weighted by Gasteiger charge is 2.12. The predicted octanol–water partition coefficient (Wildman–Crippen LogP) is 4.40. The number of methoxy groups -OCH3 is 2. The van der Waals surface area contributed by atoms with Gasteiger partial charge >= 0.3 is 5.97 Å². The van der Waals surface area contributed by atoms with Crippen molar-refractivity contribution in [2.24, 2.45) is 5.92 Å². The Hall–Kier alpha value is -1.71. The van der Waals surface area contributed by atoms with Crippen LogP contribution in [-0.4, -0.2) is 26.8 Å². The zero-order valence-corrected chi connectivity index (χ0v) is 14.9. The first kappa shape index (κ1) is 19.3. The van der Waals surface area contributed by atoms with Crippen molar-refractivity contribution in [1.29, 1.82) is 0 Å². The van der Waals surface area contributed by atoms with Crippen molar-refractivity contribution in [3.05, 3.63) is 23.8 Å². The fraction of sp³-hybridized carbons (Fsp3) is 0.632. The molecule has 23 heavy (non-hydrogen) atoms. The Morgan fingerprint density at radius 2 is 1.96 bits per heavy atom. The molecule has 0 aromatic heterocycles. The molecule has 4 nitrogen and oxygen atoms in total. The Balaban J connectivity index is 2.43. The van der Waals surface area contributed by atoms with E-state index in [0.717, 1.165) is 29.9 Å². The molecule has 1 rings (SSSR count). The molecular weight excluding hydrogens is 292 g/mol. The molecule has 0 aliphatic carbocycles. The van der Waals surface area contributed by atoms with Crippen LogP contribution < -0.4 is 9.47 Å². The van der Waals surface area contributed by atoms with Crippen molar-refractivity contribution in [1.82, 2.24) is 0 Å². The van der Waals surface area contributed by atoms with Crippen LogP contribution in [0.25, 0.3) is 0 Å². The molecule has 1 aromatic carbocycles. The standard InChI is InChI=1S/C19H30O4/c1-5-7-8-15(6-2)14-23-19(20)12-10-16-9-11-17(21-3)13-18(16)22-4/h9,11,13,15H,5-8,10,12,14H2,1-4H3. The molecule has 0 bridgehead atoms. The van der Waals surface area contributed by atoms with E-state index in [4.69, 9.17) is 14.2 Å². The Kier molecular flexibility index (Phi) is 9.18. The molecule has 0 spiro atoms. The highest BCUT2D eigenvalue weighted by atomic mass is 16.5. The van der Waals surface area contributed by atoms with E-state index in [0.29, 0.717) is 25.4 Å². The summed E-state index contributed by atoms with van der Waals surface area (Å²) in [7, 11) is 3.24. The van der Waals surface area contributed by atoms with Crippen molar-refractivity contribution in [2.75, 3.05) is 20.8 Å².